The molecule has 0 saturated carbocycles. The third kappa shape index (κ3) is 4.10. The third-order valence-corrected chi connectivity index (χ3v) is 2.74. The number of benzene rings is 1. The van der Waals surface area contributed by atoms with Gasteiger partial charge in [-0.3, -0.25) is 0 Å². The Morgan fingerprint density at radius 1 is 1.39 bits per heavy atom. The maximum atomic E-state index is 8.42. The average Bonchev–Trinajstić information content (AvgIpc) is 2.39. The summed E-state index contributed by atoms with van der Waals surface area (Å²) in [4.78, 5) is 0. The summed E-state index contributed by atoms with van der Waals surface area (Å²) in [5, 5.41) is 8.92. The van der Waals surface area contributed by atoms with Crippen LogP contribution >= 0.6 is 11.6 Å². The van der Waals surface area contributed by atoms with Gasteiger partial charge in [0.2, 0.25) is 0 Å². The number of ether oxygens (including phenoxy) is 2. The Labute approximate surface area is 112 Å². The number of methoxy groups -OCH3 is 1. The Morgan fingerprint density at radius 2 is 2.17 bits per heavy atom. The largest absolute Gasteiger partial charge is 0.493 e. The highest BCUT2D eigenvalue weighted by molar-refractivity contribution is 6.32. The number of halogens is 1. The van der Waals surface area contributed by atoms with Crippen LogP contribution in [0.5, 0.6) is 11.5 Å². The second-order valence-electron chi connectivity index (χ2n) is 3.78. The van der Waals surface area contributed by atoms with E-state index in [1.807, 2.05) is 6.07 Å². The van der Waals surface area contributed by atoms with E-state index in [0.29, 0.717) is 36.1 Å². The van der Waals surface area contributed by atoms with Crippen molar-refractivity contribution < 1.29 is 9.47 Å². The molecule has 0 amide bonds. The summed E-state index contributed by atoms with van der Waals surface area (Å²) in [7, 11) is 1.56. The maximum absolute atomic E-state index is 8.42. The number of rotatable bonds is 7. The Bertz CT molecular complexity index is 430. The molecule has 0 aliphatic rings. The monoisotopic (exact) mass is 268 g/mol. The summed E-state index contributed by atoms with van der Waals surface area (Å²) in [5.74, 6) is 1.12. The molecular formula is C13H17ClN2O2. The molecular weight excluding hydrogens is 252 g/mol. The second-order valence-corrected chi connectivity index (χ2v) is 4.18. The van der Waals surface area contributed by atoms with E-state index in [9.17, 15) is 0 Å². The average molecular weight is 269 g/mol. The van der Waals surface area contributed by atoms with Gasteiger partial charge in [-0.15, -0.1) is 0 Å². The van der Waals surface area contributed by atoms with Crippen molar-refractivity contribution in [2.24, 2.45) is 5.73 Å². The van der Waals surface area contributed by atoms with E-state index in [-0.39, 0.29) is 0 Å². The van der Waals surface area contributed by atoms with Crippen molar-refractivity contribution in [3.63, 3.8) is 0 Å². The van der Waals surface area contributed by atoms with E-state index in [1.54, 1.807) is 13.2 Å². The van der Waals surface area contributed by atoms with Crippen molar-refractivity contribution >= 4 is 11.6 Å². The first-order valence-electron chi connectivity index (χ1n) is 5.79. The van der Waals surface area contributed by atoms with Gasteiger partial charge in [0, 0.05) is 13.0 Å². The Kier molecular flexibility index (Phi) is 6.34. The molecule has 5 heteroatoms. The molecule has 0 aliphatic heterocycles. The summed E-state index contributed by atoms with van der Waals surface area (Å²) < 4.78 is 10.8. The summed E-state index contributed by atoms with van der Waals surface area (Å²) in [5.41, 5.74) is 6.46. The summed E-state index contributed by atoms with van der Waals surface area (Å²) >= 11 is 6.12. The van der Waals surface area contributed by atoms with E-state index >= 15 is 0 Å². The highest BCUT2D eigenvalue weighted by Gasteiger charge is 2.11. The molecule has 1 rings (SSSR count). The maximum Gasteiger partial charge on any atom is 0.179 e. The first kappa shape index (κ1) is 14.6. The van der Waals surface area contributed by atoms with Gasteiger partial charge in [0.1, 0.15) is 0 Å². The SMILES string of the molecule is COc1cc(CN)cc(Cl)c1OCCCCC#N. The Morgan fingerprint density at radius 3 is 2.78 bits per heavy atom. The summed E-state index contributed by atoms with van der Waals surface area (Å²) in [6.45, 7) is 0.915. The van der Waals surface area contributed by atoms with Gasteiger partial charge in [0.05, 0.1) is 24.8 Å². The zero-order chi connectivity index (χ0) is 13.4. The van der Waals surface area contributed by atoms with Crippen molar-refractivity contribution in [2.45, 2.75) is 25.8 Å². The van der Waals surface area contributed by atoms with Crippen molar-refractivity contribution in [1.29, 1.82) is 5.26 Å². The zero-order valence-corrected chi connectivity index (χ0v) is 11.2. The molecule has 1 aromatic carbocycles. The molecule has 0 aromatic heterocycles. The molecule has 0 spiro atoms. The lowest BCUT2D eigenvalue weighted by molar-refractivity contribution is 0.287. The first-order chi connectivity index (χ1) is 8.72. The number of nitriles is 1. The number of hydrogen-bond acceptors (Lipinski definition) is 4. The first-order valence-corrected chi connectivity index (χ1v) is 6.17. The van der Waals surface area contributed by atoms with Crippen LogP contribution in [0.1, 0.15) is 24.8 Å². The van der Waals surface area contributed by atoms with Gasteiger partial charge in [-0.25, -0.2) is 0 Å². The highest BCUT2D eigenvalue weighted by atomic mass is 35.5. The standard InChI is InChI=1S/C13H17ClN2O2/c1-17-12-8-10(9-16)7-11(14)13(12)18-6-4-2-3-5-15/h7-8H,2-4,6,9,16H2,1H3. The fraction of sp³-hybridized carbons (Fsp3) is 0.462. The lowest BCUT2D eigenvalue weighted by atomic mass is 10.2. The van der Waals surface area contributed by atoms with Crippen molar-refractivity contribution in [1.82, 2.24) is 0 Å². The van der Waals surface area contributed by atoms with Crippen LogP contribution in [0, 0.1) is 11.3 Å². The zero-order valence-electron chi connectivity index (χ0n) is 10.4. The molecule has 0 heterocycles. The highest BCUT2D eigenvalue weighted by Crippen LogP contribution is 2.36. The smallest absolute Gasteiger partial charge is 0.179 e. The third-order valence-electron chi connectivity index (χ3n) is 2.45. The predicted molar refractivity (Wildman–Crippen MR) is 70.9 cm³/mol. The molecule has 0 bridgehead atoms. The lowest BCUT2D eigenvalue weighted by Gasteiger charge is -2.13. The van der Waals surface area contributed by atoms with Crippen LogP contribution < -0.4 is 15.2 Å². The topological polar surface area (TPSA) is 68.3 Å². The van der Waals surface area contributed by atoms with E-state index in [4.69, 9.17) is 32.1 Å². The fourth-order valence-corrected chi connectivity index (χ4v) is 1.80. The summed E-state index contributed by atoms with van der Waals surface area (Å²) in [6.07, 6.45) is 2.17. The molecule has 0 saturated heterocycles. The molecule has 2 N–H and O–H groups in total. The molecule has 0 unspecified atom stereocenters. The molecule has 98 valence electrons. The van der Waals surface area contributed by atoms with Crippen LogP contribution in [-0.4, -0.2) is 13.7 Å². The summed E-state index contributed by atoms with van der Waals surface area (Å²) in [6, 6.07) is 5.68. The minimum atomic E-state index is 0.401. The second kappa shape index (κ2) is 7.80. The van der Waals surface area contributed by atoms with Crippen LogP contribution in [0.15, 0.2) is 12.1 Å². The van der Waals surface area contributed by atoms with Gasteiger partial charge in [0.15, 0.2) is 11.5 Å². The van der Waals surface area contributed by atoms with Gasteiger partial charge in [0.25, 0.3) is 0 Å². The Hall–Kier alpha value is -1.44. The quantitative estimate of drug-likeness (QED) is 0.772. The number of hydrogen-bond donors (Lipinski definition) is 1. The number of nitrogens with two attached hydrogens (primary N) is 1. The molecule has 18 heavy (non-hydrogen) atoms. The van der Waals surface area contributed by atoms with E-state index in [0.717, 1.165) is 18.4 Å². The molecule has 4 nitrogen and oxygen atoms in total. The Balaban J connectivity index is 2.67. The molecule has 0 fully saturated rings. The number of nitrogens with zero attached hydrogens (tertiary/aromatic N) is 1. The molecule has 1 aromatic rings. The molecule has 0 aliphatic carbocycles. The van der Waals surface area contributed by atoms with E-state index in [2.05, 4.69) is 6.07 Å². The lowest BCUT2D eigenvalue weighted by Crippen LogP contribution is -2.02. The van der Waals surface area contributed by atoms with E-state index in [1.165, 1.54) is 0 Å². The minimum absolute atomic E-state index is 0.401. The van der Waals surface area contributed by atoms with Gasteiger partial charge in [-0.1, -0.05) is 11.6 Å². The van der Waals surface area contributed by atoms with Crippen LogP contribution in [0.3, 0.4) is 0 Å². The van der Waals surface area contributed by atoms with E-state index < -0.39 is 0 Å². The van der Waals surface area contributed by atoms with Crippen LogP contribution in [0.25, 0.3) is 0 Å². The van der Waals surface area contributed by atoms with Crippen LogP contribution in [0.4, 0.5) is 0 Å². The normalized spacial score (nSPS) is 9.89. The molecule has 0 radical (unpaired) electrons. The van der Waals surface area contributed by atoms with Crippen molar-refractivity contribution in [2.75, 3.05) is 13.7 Å². The number of unbranched alkanes of at least 4 members (excludes halogenated alkanes) is 2. The van der Waals surface area contributed by atoms with Gasteiger partial charge in [-0.2, -0.15) is 5.26 Å². The van der Waals surface area contributed by atoms with Gasteiger partial charge < -0.3 is 15.2 Å². The predicted octanol–water partition coefficient (Wildman–Crippen LogP) is 2.88. The molecule has 0 atom stereocenters. The van der Waals surface area contributed by atoms with Crippen molar-refractivity contribution in [3.05, 3.63) is 22.7 Å². The van der Waals surface area contributed by atoms with Crippen LogP contribution in [-0.2, 0) is 6.54 Å². The van der Waals surface area contributed by atoms with Crippen molar-refractivity contribution in [3.8, 4) is 17.6 Å². The minimum Gasteiger partial charge on any atom is -0.493 e. The van der Waals surface area contributed by atoms with Gasteiger partial charge >= 0.3 is 0 Å². The fourth-order valence-electron chi connectivity index (χ4n) is 1.51. The van der Waals surface area contributed by atoms with Crippen LogP contribution in [0.2, 0.25) is 5.02 Å². The van der Waals surface area contributed by atoms with Gasteiger partial charge in [-0.05, 0) is 30.5 Å².